The van der Waals surface area contributed by atoms with Crippen LogP contribution < -0.4 is 20.1 Å². The van der Waals surface area contributed by atoms with Gasteiger partial charge in [0.1, 0.15) is 11.6 Å². The van der Waals surface area contributed by atoms with Gasteiger partial charge in [-0.1, -0.05) is 6.07 Å². The van der Waals surface area contributed by atoms with Gasteiger partial charge in [-0.05, 0) is 38.1 Å². The van der Waals surface area contributed by atoms with Crippen molar-refractivity contribution in [1.29, 1.82) is 0 Å². The van der Waals surface area contributed by atoms with Gasteiger partial charge in [0.25, 0.3) is 11.8 Å². The molecule has 0 fully saturated rings. The Morgan fingerprint density at radius 2 is 1.83 bits per heavy atom. The highest BCUT2D eigenvalue weighted by Gasteiger charge is 2.17. The van der Waals surface area contributed by atoms with Crippen molar-refractivity contribution in [3.63, 3.8) is 0 Å². The van der Waals surface area contributed by atoms with Crippen LogP contribution in [0.3, 0.4) is 0 Å². The van der Waals surface area contributed by atoms with Gasteiger partial charge in [-0.3, -0.25) is 9.59 Å². The number of aliphatic hydroxyl groups is 1. The zero-order valence-electron chi connectivity index (χ0n) is 16.9. The highest BCUT2D eigenvalue weighted by Crippen LogP contribution is 2.28. The van der Waals surface area contributed by atoms with Gasteiger partial charge in [0, 0.05) is 29.8 Å². The third kappa shape index (κ3) is 6.41. The normalized spacial score (nSPS) is 11.7. The van der Waals surface area contributed by atoms with Crippen LogP contribution in [0.5, 0.6) is 11.5 Å². The molecule has 0 bridgehead atoms. The predicted octanol–water partition coefficient (Wildman–Crippen LogP) is 2.34. The molecule has 1 unspecified atom stereocenters. The summed E-state index contributed by atoms with van der Waals surface area (Å²) in [6.07, 6.45) is -1.35. The van der Waals surface area contributed by atoms with Crippen molar-refractivity contribution < 1.29 is 33.0 Å². The molecule has 0 saturated carbocycles. The van der Waals surface area contributed by atoms with Gasteiger partial charge in [-0.2, -0.15) is 0 Å². The summed E-state index contributed by atoms with van der Waals surface area (Å²) in [5.41, 5.74) is 0.0790. The van der Waals surface area contributed by atoms with Crippen molar-refractivity contribution in [3.8, 4) is 11.5 Å². The van der Waals surface area contributed by atoms with E-state index in [0.29, 0.717) is 6.07 Å². The number of aliphatic hydroxyl groups excluding tert-OH is 1. The van der Waals surface area contributed by atoms with Gasteiger partial charge >= 0.3 is 0 Å². The molecule has 3 N–H and O–H groups in total. The molecule has 7 nitrogen and oxygen atoms in total. The number of hydrogen-bond donors (Lipinski definition) is 3. The molecular formula is C21H24F2N2O5. The molecule has 0 spiro atoms. The third-order valence-corrected chi connectivity index (χ3v) is 4.01. The number of methoxy groups -OCH3 is 1. The van der Waals surface area contributed by atoms with Crippen LogP contribution in [-0.4, -0.2) is 43.2 Å². The molecule has 0 aliphatic rings. The summed E-state index contributed by atoms with van der Waals surface area (Å²) in [5, 5.41) is 15.2. The largest absolute Gasteiger partial charge is 0.493 e. The molecule has 162 valence electrons. The minimum Gasteiger partial charge on any atom is -0.493 e. The quantitative estimate of drug-likeness (QED) is 0.577. The lowest BCUT2D eigenvalue weighted by atomic mass is 10.1. The molecule has 2 aromatic rings. The van der Waals surface area contributed by atoms with E-state index < -0.39 is 23.6 Å². The summed E-state index contributed by atoms with van der Waals surface area (Å²) >= 11 is 0. The smallest absolute Gasteiger partial charge is 0.258 e. The summed E-state index contributed by atoms with van der Waals surface area (Å²) in [6, 6.07) is 7.12. The number of ether oxygens (including phenoxy) is 2. The molecule has 0 heterocycles. The van der Waals surface area contributed by atoms with E-state index in [2.05, 4.69) is 10.6 Å². The van der Waals surface area contributed by atoms with E-state index in [4.69, 9.17) is 9.47 Å². The van der Waals surface area contributed by atoms with E-state index in [1.165, 1.54) is 25.3 Å². The van der Waals surface area contributed by atoms with Crippen LogP contribution in [0.1, 0.15) is 35.9 Å². The average Bonchev–Trinajstić information content (AvgIpc) is 2.69. The van der Waals surface area contributed by atoms with Crippen molar-refractivity contribution in [2.24, 2.45) is 0 Å². The Balaban J connectivity index is 1.99. The number of hydrogen-bond acceptors (Lipinski definition) is 5. The van der Waals surface area contributed by atoms with Crippen LogP contribution in [0.4, 0.5) is 8.78 Å². The van der Waals surface area contributed by atoms with Crippen LogP contribution in [0.15, 0.2) is 36.4 Å². The van der Waals surface area contributed by atoms with Gasteiger partial charge in [-0.25, -0.2) is 8.78 Å². The summed E-state index contributed by atoms with van der Waals surface area (Å²) in [5.74, 6) is -1.98. The fraction of sp³-hybridized carbons (Fsp3) is 0.333. The zero-order chi connectivity index (χ0) is 22.3. The van der Waals surface area contributed by atoms with E-state index >= 15 is 0 Å². The standard InChI is InChI=1S/C21H24F2N2O5/c1-12(2)25-20(27)11-30-18-7-4-13(8-19(18)29-3)21(28)24-10-17(26)15-6-5-14(22)9-16(15)23/h4-9,12,17,26H,10-11H2,1-3H3,(H,24,28)(H,25,27). The second kappa shape index (κ2) is 10.5. The number of rotatable bonds is 9. The lowest BCUT2D eigenvalue weighted by Gasteiger charge is -2.15. The average molecular weight is 422 g/mol. The maximum absolute atomic E-state index is 13.7. The van der Waals surface area contributed by atoms with Crippen LogP contribution in [0, 0.1) is 11.6 Å². The van der Waals surface area contributed by atoms with Crippen molar-refractivity contribution in [1.82, 2.24) is 10.6 Å². The minimum absolute atomic E-state index is 0.0206. The van der Waals surface area contributed by atoms with Crippen molar-refractivity contribution in [2.75, 3.05) is 20.3 Å². The molecule has 0 aromatic heterocycles. The Morgan fingerprint density at radius 1 is 1.10 bits per heavy atom. The Kier molecular flexibility index (Phi) is 8.11. The van der Waals surface area contributed by atoms with Crippen LogP contribution in [0.2, 0.25) is 0 Å². The summed E-state index contributed by atoms with van der Waals surface area (Å²) in [4.78, 5) is 24.0. The number of carbonyl (C=O) groups is 2. The van der Waals surface area contributed by atoms with Gasteiger partial charge in [0.15, 0.2) is 18.1 Å². The van der Waals surface area contributed by atoms with Crippen LogP contribution in [-0.2, 0) is 4.79 Å². The molecular weight excluding hydrogens is 398 g/mol. The second-order valence-corrected chi connectivity index (χ2v) is 6.77. The molecule has 2 aromatic carbocycles. The van der Waals surface area contributed by atoms with Crippen molar-refractivity contribution >= 4 is 11.8 Å². The topological polar surface area (TPSA) is 96.9 Å². The molecule has 0 aliphatic carbocycles. The first-order chi connectivity index (χ1) is 14.2. The molecule has 2 rings (SSSR count). The second-order valence-electron chi connectivity index (χ2n) is 6.77. The van der Waals surface area contributed by atoms with E-state index in [1.54, 1.807) is 0 Å². The maximum Gasteiger partial charge on any atom is 0.258 e. The Morgan fingerprint density at radius 3 is 2.47 bits per heavy atom. The van der Waals surface area contributed by atoms with Crippen LogP contribution in [0.25, 0.3) is 0 Å². The summed E-state index contributed by atoms with van der Waals surface area (Å²) < 4.78 is 37.3. The SMILES string of the molecule is COc1cc(C(=O)NCC(O)c2ccc(F)cc2F)ccc1OCC(=O)NC(C)C. The third-order valence-electron chi connectivity index (χ3n) is 4.01. The first kappa shape index (κ1) is 23.1. The van der Waals surface area contributed by atoms with Gasteiger partial charge in [0.2, 0.25) is 0 Å². The summed E-state index contributed by atoms with van der Waals surface area (Å²) in [6.45, 7) is 3.16. The highest BCUT2D eigenvalue weighted by atomic mass is 19.1. The summed E-state index contributed by atoms with van der Waals surface area (Å²) in [7, 11) is 1.39. The Labute approximate surface area is 173 Å². The molecule has 9 heteroatoms. The number of halogens is 2. The van der Waals surface area contributed by atoms with E-state index in [-0.39, 0.29) is 47.7 Å². The minimum atomic E-state index is -1.35. The number of amides is 2. The van der Waals surface area contributed by atoms with Gasteiger partial charge in [0.05, 0.1) is 13.2 Å². The van der Waals surface area contributed by atoms with Crippen molar-refractivity contribution in [2.45, 2.75) is 26.0 Å². The lowest BCUT2D eigenvalue weighted by molar-refractivity contribution is -0.123. The Hall–Kier alpha value is -3.20. The molecule has 1 atom stereocenters. The van der Waals surface area contributed by atoms with Crippen molar-refractivity contribution in [3.05, 3.63) is 59.2 Å². The predicted molar refractivity (Wildman–Crippen MR) is 105 cm³/mol. The maximum atomic E-state index is 13.7. The number of carbonyl (C=O) groups excluding carboxylic acids is 2. The van der Waals surface area contributed by atoms with E-state index in [0.717, 1.165) is 12.1 Å². The number of nitrogens with one attached hydrogen (secondary N) is 2. The highest BCUT2D eigenvalue weighted by molar-refractivity contribution is 5.95. The van der Waals surface area contributed by atoms with E-state index in [1.807, 2.05) is 13.8 Å². The zero-order valence-corrected chi connectivity index (χ0v) is 16.9. The number of benzene rings is 2. The fourth-order valence-electron chi connectivity index (χ4n) is 2.61. The lowest BCUT2D eigenvalue weighted by Crippen LogP contribution is -2.34. The van der Waals surface area contributed by atoms with E-state index in [9.17, 15) is 23.5 Å². The first-order valence-corrected chi connectivity index (χ1v) is 9.22. The fourth-order valence-corrected chi connectivity index (χ4v) is 2.61. The molecule has 0 saturated heterocycles. The van der Waals surface area contributed by atoms with Crippen LogP contribution >= 0.6 is 0 Å². The molecule has 2 amide bonds. The monoisotopic (exact) mass is 422 g/mol. The molecule has 30 heavy (non-hydrogen) atoms. The van der Waals surface area contributed by atoms with Gasteiger partial charge in [-0.15, -0.1) is 0 Å². The first-order valence-electron chi connectivity index (χ1n) is 9.22. The molecule has 0 aliphatic heterocycles. The molecule has 0 radical (unpaired) electrons. The van der Waals surface area contributed by atoms with Gasteiger partial charge < -0.3 is 25.2 Å². The Bertz CT molecular complexity index is 905.